The van der Waals surface area contributed by atoms with Gasteiger partial charge in [0.05, 0.1) is 13.2 Å². The molecule has 10 heteroatoms. The smallest absolute Gasteiger partial charge is 0.463 e. The Balaban J connectivity index is 3.62. The van der Waals surface area contributed by atoms with Crippen LogP contribution in [0.5, 0.6) is 0 Å². The van der Waals surface area contributed by atoms with Crippen molar-refractivity contribution in [2.75, 3.05) is 26.4 Å². The molecule has 9 nitrogen and oxygen atoms in total. The lowest BCUT2D eigenvalue weighted by Gasteiger charge is -2.15. The number of nitrogens with one attached hydrogen (secondary N) is 1. The van der Waals surface area contributed by atoms with E-state index >= 15 is 0 Å². The first-order chi connectivity index (χ1) is 18.3. The van der Waals surface area contributed by atoms with Crippen LogP contribution in [0.3, 0.4) is 0 Å². The molecule has 0 aliphatic rings. The first-order valence-corrected chi connectivity index (χ1v) is 16.5. The summed E-state index contributed by atoms with van der Waals surface area (Å²) < 4.78 is 26.4. The zero-order valence-electron chi connectivity index (χ0n) is 24.1. The second-order valence-corrected chi connectivity index (χ2v) is 11.5. The molecule has 0 radical (unpaired) electrons. The van der Waals surface area contributed by atoms with Gasteiger partial charge in [-0.05, 0) is 12.8 Å². The summed E-state index contributed by atoms with van der Waals surface area (Å²) in [5.74, 6) is -0.532. The van der Waals surface area contributed by atoms with Crippen LogP contribution < -0.4 is 5.32 Å². The number of esters is 1. The third kappa shape index (κ3) is 26.6. The average molecular weight is 566 g/mol. The van der Waals surface area contributed by atoms with Crippen molar-refractivity contribution in [3.63, 3.8) is 0 Å². The molecule has 38 heavy (non-hydrogen) atoms. The number of carbonyl (C=O) groups is 2. The van der Waals surface area contributed by atoms with Gasteiger partial charge in [-0.3, -0.25) is 18.6 Å². The lowest BCUT2D eigenvalue weighted by molar-refractivity contribution is -0.147. The van der Waals surface area contributed by atoms with Crippen molar-refractivity contribution in [2.45, 2.75) is 142 Å². The largest absolute Gasteiger partial charge is 0.472 e. The number of aliphatic hydroxyl groups is 1. The van der Waals surface area contributed by atoms with Crippen molar-refractivity contribution >= 4 is 19.7 Å². The van der Waals surface area contributed by atoms with Crippen molar-refractivity contribution in [3.05, 3.63) is 0 Å². The van der Waals surface area contributed by atoms with Crippen LogP contribution in [0.2, 0.25) is 0 Å². The second kappa shape index (κ2) is 26.2. The van der Waals surface area contributed by atoms with Gasteiger partial charge in [0.2, 0.25) is 5.91 Å². The fourth-order valence-electron chi connectivity index (χ4n) is 3.97. The van der Waals surface area contributed by atoms with E-state index in [9.17, 15) is 24.2 Å². The Morgan fingerprint density at radius 2 is 1.18 bits per heavy atom. The molecule has 0 aromatic carbocycles. The molecule has 2 atom stereocenters. The monoisotopic (exact) mass is 565 g/mol. The van der Waals surface area contributed by atoms with Crippen molar-refractivity contribution < 1.29 is 37.9 Å². The van der Waals surface area contributed by atoms with Gasteiger partial charge in [-0.2, -0.15) is 0 Å². The summed E-state index contributed by atoms with van der Waals surface area (Å²) in [4.78, 5) is 33.2. The molecule has 0 spiro atoms. The molecule has 0 saturated carbocycles. The Morgan fingerprint density at radius 3 is 1.74 bits per heavy atom. The van der Waals surface area contributed by atoms with E-state index in [1.165, 1.54) is 64.2 Å². The van der Waals surface area contributed by atoms with Gasteiger partial charge in [0, 0.05) is 19.4 Å². The third-order valence-corrected chi connectivity index (χ3v) is 7.27. The van der Waals surface area contributed by atoms with Crippen LogP contribution in [0, 0.1) is 0 Å². The number of unbranched alkanes of at least 4 members (excludes halogenated alkanes) is 15. The molecule has 0 aliphatic heterocycles. The standard InChI is InChI=1S/C28H56NO8P/c1-3-5-7-9-10-11-12-13-14-15-16-17-19-21-28(32)35-24-26(30)25-37-38(33,34)36-23-22-29-27(31)20-18-8-6-4-2/h26,30H,3-25H2,1-2H3,(H,29,31)(H,33,34). The van der Waals surface area contributed by atoms with E-state index in [1.807, 2.05) is 0 Å². The van der Waals surface area contributed by atoms with E-state index in [1.54, 1.807) is 0 Å². The van der Waals surface area contributed by atoms with Crippen molar-refractivity contribution in [2.24, 2.45) is 0 Å². The molecular weight excluding hydrogens is 509 g/mol. The van der Waals surface area contributed by atoms with Crippen LogP contribution >= 0.6 is 7.82 Å². The number of carbonyl (C=O) groups excluding carboxylic acids is 2. The maximum Gasteiger partial charge on any atom is 0.472 e. The predicted octanol–water partition coefficient (Wildman–Crippen LogP) is 6.59. The Kier molecular flexibility index (Phi) is 25.6. The van der Waals surface area contributed by atoms with Gasteiger partial charge in [-0.1, -0.05) is 110 Å². The molecule has 0 heterocycles. The maximum absolute atomic E-state index is 11.9. The molecule has 0 fully saturated rings. The fraction of sp³-hybridized carbons (Fsp3) is 0.929. The number of phosphoric ester groups is 1. The average Bonchev–Trinajstić information content (AvgIpc) is 2.89. The highest BCUT2D eigenvalue weighted by Gasteiger charge is 2.23. The summed E-state index contributed by atoms with van der Waals surface area (Å²) in [5.41, 5.74) is 0. The van der Waals surface area contributed by atoms with Gasteiger partial charge in [0.15, 0.2) is 0 Å². The van der Waals surface area contributed by atoms with Crippen molar-refractivity contribution in [3.8, 4) is 0 Å². The fourth-order valence-corrected chi connectivity index (χ4v) is 4.72. The third-order valence-electron chi connectivity index (χ3n) is 6.29. The number of hydrogen-bond donors (Lipinski definition) is 3. The first kappa shape index (κ1) is 37.0. The predicted molar refractivity (Wildman–Crippen MR) is 151 cm³/mol. The van der Waals surface area contributed by atoms with Crippen LogP contribution in [0.4, 0.5) is 0 Å². The van der Waals surface area contributed by atoms with Crippen LogP contribution in [-0.2, 0) is 27.9 Å². The molecule has 1 amide bonds. The highest BCUT2D eigenvalue weighted by molar-refractivity contribution is 7.47. The molecular formula is C28H56NO8P. The van der Waals surface area contributed by atoms with E-state index in [-0.39, 0.29) is 32.1 Å². The van der Waals surface area contributed by atoms with E-state index < -0.39 is 26.5 Å². The zero-order valence-corrected chi connectivity index (χ0v) is 25.0. The molecule has 0 saturated heterocycles. The first-order valence-electron chi connectivity index (χ1n) is 15.0. The molecule has 226 valence electrons. The molecule has 2 unspecified atom stereocenters. The van der Waals surface area contributed by atoms with E-state index in [0.717, 1.165) is 44.9 Å². The number of ether oxygens (including phenoxy) is 1. The van der Waals surface area contributed by atoms with Crippen molar-refractivity contribution in [1.29, 1.82) is 0 Å². The molecule has 0 bridgehead atoms. The Morgan fingerprint density at radius 1 is 0.711 bits per heavy atom. The van der Waals surface area contributed by atoms with Crippen LogP contribution in [-0.4, -0.2) is 54.3 Å². The van der Waals surface area contributed by atoms with Crippen LogP contribution in [0.1, 0.15) is 136 Å². The van der Waals surface area contributed by atoms with Gasteiger partial charge < -0.3 is 20.1 Å². The lowest BCUT2D eigenvalue weighted by atomic mass is 10.0. The highest BCUT2D eigenvalue weighted by Crippen LogP contribution is 2.42. The minimum absolute atomic E-state index is 0.0832. The topological polar surface area (TPSA) is 131 Å². The Bertz CT molecular complexity index is 620. The summed E-state index contributed by atoms with van der Waals surface area (Å²) in [7, 11) is -4.38. The summed E-state index contributed by atoms with van der Waals surface area (Å²) in [6.45, 7) is 3.40. The Hall–Kier alpha value is -0.990. The van der Waals surface area contributed by atoms with E-state index in [2.05, 4.69) is 19.2 Å². The van der Waals surface area contributed by atoms with E-state index in [4.69, 9.17) is 13.8 Å². The van der Waals surface area contributed by atoms with Crippen LogP contribution in [0.25, 0.3) is 0 Å². The number of amides is 1. The van der Waals surface area contributed by atoms with Gasteiger partial charge in [0.1, 0.15) is 12.7 Å². The number of aliphatic hydroxyl groups excluding tert-OH is 1. The highest BCUT2D eigenvalue weighted by atomic mass is 31.2. The maximum atomic E-state index is 11.9. The van der Waals surface area contributed by atoms with Gasteiger partial charge in [0.25, 0.3) is 0 Å². The zero-order chi connectivity index (χ0) is 28.3. The molecule has 3 N–H and O–H groups in total. The van der Waals surface area contributed by atoms with Gasteiger partial charge in [-0.25, -0.2) is 4.57 Å². The SMILES string of the molecule is CCCCCCCCCCCCCCCC(=O)OCC(O)COP(=O)(O)OCCNC(=O)CCCCCC. The minimum atomic E-state index is -4.38. The summed E-state index contributed by atoms with van der Waals surface area (Å²) >= 11 is 0. The number of rotatable bonds is 28. The lowest BCUT2D eigenvalue weighted by Crippen LogP contribution is -2.27. The quantitative estimate of drug-likeness (QED) is 0.0550. The summed E-state index contributed by atoms with van der Waals surface area (Å²) in [6.07, 6.45) is 19.4. The van der Waals surface area contributed by atoms with Crippen LogP contribution in [0.15, 0.2) is 0 Å². The normalized spacial score (nSPS) is 13.7. The molecule has 0 aromatic rings. The molecule has 0 aliphatic carbocycles. The van der Waals surface area contributed by atoms with E-state index in [0.29, 0.717) is 6.42 Å². The minimum Gasteiger partial charge on any atom is -0.463 e. The molecule has 0 rings (SSSR count). The molecule has 0 aromatic heterocycles. The van der Waals surface area contributed by atoms with Crippen molar-refractivity contribution in [1.82, 2.24) is 5.32 Å². The Labute approximate surface area is 231 Å². The summed E-state index contributed by atoms with van der Waals surface area (Å²) in [5, 5.41) is 12.5. The number of phosphoric acid groups is 1. The second-order valence-electron chi connectivity index (χ2n) is 10.1. The van der Waals surface area contributed by atoms with Gasteiger partial charge >= 0.3 is 13.8 Å². The van der Waals surface area contributed by atoms with Gasteiger partial charge in [-0.15, -0.1) is 0 Å². The summed E-state index contributed by atoms with van der Waals surface area (Å²) in [6, 6.07) is 0. The number of hydrogen-bond acceptors (Lipinski definition) is 7.